The molecule has 0 fully saturated rings. The van der Waals surface area contributed by atoms with Gasteiger partial charge in [0.2, 0.25) is 0 Å². The lowest BCUT2D eigenvalue weighted by Gasteiger charge is -2.04. The molecule has 0 unspecified atom stereocenters. The first-order chi connectivity index (χ1) is 10.7. The van der Waals surface area contributed by atoms with Gasteiger partial charge in [-0.2, -0.15) is 5.10 Å². The standard InChI is InChI=1S/C16H11BrN4O/c17-11-7-5-10(6-8-11)13-9-15-19-20-16(22)21(15)14-4-2-1-3-12(14)18-13/h1-8H,9H2,(H,20,22). The Morgan fingerprint density at radius 1 is 1.09 bits per heavy atom. The molecule has 6 heteroatoms. The van der Waals surface area contributed by atoms with E-state index in [-0.39, 0.29) is 5.69 Å². The van der Waals surface area contributed by atoms with Crippen LogP contribution in [0.1, 0.15) is 11.4 Å². The van der Waals surface area contributed by atoms with Gasteiger partial charge in [-0.3, -0.25) is 4.99 Å². The largest absolute Gasteiger partial charge is 0.348 e. The van der Waals surface area contributed by atoms with Crippen molar-refractivity contribution in [1.82, 2.24) is 14.8 Å². The van der Waals surface area contributed by atoms with E-state index in [0.717, 1.165) is 27.1 Å². The third-order valence-electron chi connectivity index (χ3n) is 3.62. The maximum atomic E-state index is 12.1. The first-order valence-electron chi connectivity index (χ1n) is 6.81. The molecule has 1 aromatic heterocycles. The van der Waals surface area contributed by atoms with Crippen molar-refractivity contribution in [2.24, 2.45) is 4.99 Å². The molecule has 1 N–H and O–H groups in total. The number of aromatic nitrogens is 3. The molecule has 0 radical (unpaired) electrons. The van der Waals surface area contributed by atoms with Crippen LogP contribution in [0.3, 0.4) is 0 Å². The van der Waals surface area contributed by atoms with Crippen molar-refractivity contribution < 1.29 is 0 Å². The number of aliphatic imine (C=N–C) groups is 1. The number of halogens is 1. The lowest BCUT2D eigenvalue weighted by Crippen LogP contribution is -2.17. The number of para-hydroxylation sites is 2. The minimum Gasteiger partial charge on any atom is -0.250 e. The smallest absolute Gasteiger partial charge is 0.250 e. The highest BCUT2D eigenvalue weighted by Gasteiger charge is 2.20. The molecule has 0 amide bonds. The number of benzene rings is 2. The summed E-state index contributed by atoms with van der Waals surface area (Å²) in [6.45, 7) is 0. The molecular weight excluding hydrogens is 344 g/mol. The van der Waals surface area contributed by atoms with Crippen LogP contribution >= 0.6 is 15.9 Å². The molecular formula is C16H11BrN4O. The van der Waals surface area contributed by atoms with E-state index in [4.69, 9.17) is 4.99 Å². The highest BCUT2D eigenvalue weighted by molar-refractivity contribution is 9.10. The SMILES string of the molecule is O=c1[nH]nc2n1-c1ccccc1N=C(c1ccc(Br)cc1)C2. The Bertz CT molecular complexity index is 937. The molecule has 0 saturated carbocycles. The molecule has 2 heterocycles. The van der Waals surface area contributed by atoms with Crippen LogP contribution in [0.25, 0.3) is 5.69 Å². The van der Waals surface area contributed by atoms with Gasteiger partial charge in [0, 0.05) is 4.47 Å². The molecule has 2 aromatic carbocycles. The molecule has 22 heavy (non-hydrogen) atoms. The van der Waals surface area contributed by atoms with Gasteiger partial charge in [0.1, 0.15) is 5.82 Å². The van der Waals surface area contributed by atoms with Crippen molar-refractivity contribution in [3.8, 4) is 5.69 Å². The molecule has 0 aliphatic carbocycles. The van der Waals surface area contributed by atoms with Gasteiger partial charge in [-0.25, -0.2) is 14.5 Å². The van der Waals surface area contributed by atoms with E-state index < -0.39 is 0 Å². The number of nitrogens with zero attached hydrogens (tertiary/aromatic N) is 3. The molecule has 1 aliphatic rings. The number of fused-ring (bicyclic) bond motifs is 3. The van der Waals surface area contributed by atoms with Gasteiger partial charge in [-0.05, 0) is 29.8 Å². The zero-order valence-electron chi connectivity index (χ0n) is 11.5. The molecule has 4 rings (SSSR count). The van der Waals surface area contributed by atoms with Gasteiger partial charge in [0.05, 0.1) is 23.5 Å². The fraction of sp³-hybridized carbons (Fsp3) is 0.0625. The van der Waals surface area contributed by atoms with Crippen molar-refractivity contribution in [2.75, 3.05) is 0 Å². The number of hydrogen-bond donors (Lipinski definition) is 1. The summed E-state index contributed by atoms with van der Waals surface area (Å²) in [6.07, 6.45) is 0.495. The number of nitrogens with one attached hydrogen (secondary N) is 1. The second-order valence-electron chi connectivity index (χ2n) is 5.01. The average molecular weight is 355 g/mol. The Morgan fingerprint density at radius 2 is 1.86 bits per heavy atom. The predicted molar refractivity (Wildman–Crippen MR) is 88.2 cm³/mol. The summed E-state index contributed by atoms with van der Waals surface area (Å²) in [5, 5.41) is 6.67. The quantitative estimate of drug-likeness (QED) is 0.729. The number of rotatable bonds is 1. The molecule has 0 atom stereocenters. The maximum absolute atomic E-state index is 12.1. The Morgan fingerprint density at radius 3 is 2.68 bits per heavy atom. The average Bonchev–Trinajstić information content (AvgIpc) is 2.80. The van der Waals surface area contributed by atoms with Gasteiger partial charge in [0.25, 0.3) is 0 Å². The van der Waals surface area contributed by atoms with E-state index in [0.29, 0.717) is 12.2 Å². The molecule has 3 aromatic rings. The fourth-order valence-electron chi connectivity index (χ4n) is 2.59. The summed E-state index contributed by atoms with van der Waals surface area (Å²) in [4.78, 5) is 16.8. The van der Waals surface area contributed by atoms with Gasteiger partial charge in [-0.1, -0.05) is 40.2 Å². The van der Waals surface area contributed by atoms with Crippen LogP contribution in [0.15, 0.2) is 62.8 Å². The normalized spacial score (nSPS) is 13.0. The molecule has 0 spiro atoms. The minimum absolute atomic E-state index is 0.241. The predicted octanol–water partition coefficient (Wildman–Crippen LogP) is 3.00. The minimum atomic E-state index is -0.241. The highest BCUT2D eigenvalue weighted by atomic mass is 79.9. The van der Waals surface area contributed by atoms with E-state index in [1.54, 1.807) is 4.57 Å². The summed E-state index contributed by atoms with van der Waals surface area (Å²) >= 11 is 3.44. The zero-order valence-corrected chi connectivity index (χ0v) is 13.0. The molecule has 0 saturated heterocycles. The number of H-pyrrole nitrogens is 1. The Kier molecular flexibility index (Phi) is 3.04. The van der Waals surface area contributed by atoms with Crippen LogP contribution in [-0.4, -0.2) is 20.5 Å². The zero-order chi connectivity index (χ0) is 15.1. The Balaban J connectivity index is 1.95. The van der Waals surface area contributed by atoms with Crippen molar-refractivity contribution in [2.45, 2.75) is 6.42 Å². The second-order valence-corrected chi connectivity index (χ2v) is 5.93. The third kappa shape index (κ3) is 2.12. The fourth-order valence-corrected chi connectivity index (χ4v) is 2.85. The molecule has 1 aliphatic heterocycles. The van der Waals surface area contributed by atoms with E-state index in [9.17, 15) is 4.79 Å². The monoisotopic (exact) mass is 354 g/mol. The summed E-state index contributed by atoms with van der Waals surface area (Å²) < 4.78 is 2.60. The summed E-state index contributed by atoms with van der Waals surface area (Å²) in [5.74, 6) is 0.664. The van der Waals surface area contributed by atoms with Gasteiger partial charge in [-0.15, -0.1) is 0 Å². The first-order valence-corrected chi connectivity index (χ1v) is 7.61. The summed E-state index contributed by atoms with van der Waals surface area (Å²) in [6, 6.07) is 15.6. The molecule has 108 valence electrons. The molecule has 0 bridgehead atoms. The van der Waals surface area contributed by atoms with Gasteiger partial charge < -0.3 is 0 Å². The van der Waals surface area contributed by atoms with Crippen molar-refractivity contribution in [3.05, 3.63) is 74.9 Å². The van der Waals surface area contributed by atoms with Crippen molar-refractivity contribution in [3.63, 3.8) is 0 Å². The van der Waals surface area contributed by atoms with Gasteiger partial charge >= 0.3 is 5.69 Å². The lowest BCUT2D eigenvalue weighted by molar-refractivity contribution is 0.929. The maximum Gasteiger partial charge on any atom is 0.348 e. The first kappa shape index (κ1) is 13.2. The van der Waals surface area contributed by atoms with Crippen LogP contribution < -0.4 is 5.69 Å². The van der Waals surface area contributed by atoms with E-state index >= 15 is 0 Å². The van der Waals surface area contributed by atoms with Crippen molar-refractivity contribution >= 4 is 27.3 Å². The van der Waals surface area contributed by atoms with Crippen LogP contribution in [0.2, 0.25) is 0 Å². The number of hydrogen-bond acceptors (Lipinski definition) is 3. The van der Waals surface area contributed by atoms with Gasteiger partial charge in [0.15, 0.2) is 0 Å². The summed E-state index contributed by atoms with van der Waals surface area (Å²) in [7, 11) is 0. The summed E-state index contributed by atoms with van der Waals surface area (Å²) in [5.41, 5.74) is 3.18. The highest BCUT2D eigenvalue weighted by Crippen LogP contribution is 2.27. The van der Waals surface area contributed by atoms with Crippen LogP contribution in [-0.2, 0) is 6.42 Å². The van der Waals surface area contributed by atoms with E-state index in [2.05, 4.69) is 26.1 Å². The van der Waals surface area contributed by atoms with Crippen molar-refractivity contribution in [1.29, 1.82) is 0 Å². The topological polar surface area (TPSA) is 63.0 Å². The second kappa shape index (κ2) is 5.06. The van der Waals surface area contributed by atoms with E-state index in [1.165, 1.54) is 0 Å². The molecule has 5 nitrogen and oxygen atoms in total. The van der Waals surface area contributed by atoms with E-state index in [1.807, 2.05) is 48.5 Å². The van der Waals surface area contributed by atoms with Crippen LogP contribution in [0, 0.1) is 0 Å². The Hall–Kier alpha value is -2.47. The number of aromatic amines is 1. The lowest BCUT2D eigenvalue weighted by atomic mass is 10.1. The van der Waals surface area contributed by atoms with Crippen LogP contribution in [0.4, 0.5) is 5.69 Å². The Labute approximate surface area is 134 Å². The third-order valence-corrected chi connectivity index (χ3v) is 4.15. The van der Waals surface area contributed by atoms with Crippen LogP contribution in [0.5, 0.6) is 0 Å².